The summed E-state index contributed by atoms with van der Waals surface area (Å²) in [6.07, 6.45) is 0. The van der Waals surface area contributed by atoms with Gasteiger partial charge in [0.15, 0.2) is 0 Å². The summed E-state index contributed by atoms with van der Waals surface area (Å²) in [5, 5.41) is 5.13. The molecule has 0 aliphatic carbocycles. The lowest BCUT2D eigenvalue weighted by atomic mass is 9.97. The summed E-state index contributed by atoms with van der Waals surface area (Å²) in [5.74, 6) is 1.16. The minimum absolute atomic E-state index is 0.194. The first-order chi connectivity index (χ1) is 11.7. The van der Waals surface area contributed by atoms with Crippen LogP contribution in [-0.4, -0.2) is 30.6 Å². The second-order valence-corrected chi connectivity index (χ2v) is 8.36. The Kier molecular flexibility index (Phi) is 6.09. The maximum absolute atomic E-state index is 6.34. The summed E-state index contributed by atoms with van der Waals surface area (Å²) in [5.41, 5.74) is 3.88. The molecule has 2 unspecified atom stereocenters. The van der Waals surface area contributed by atoms with E-state index in [9.17, 15) is 0 Å². The van der Waals surface area contributed by atoms with Crippen LogP contribution in [0, 0.1) is 0 Å². The largest absolute Gasteiger partial charge is 0.369 e. The van der Waals surface area contributed by atoms with E-state index >= 15 is 0 Å². The molecule has 0 radical (unpaired) electrons. The van der Waals surface area contributed by atoms with Crippen molar-refractivity contribution in [1.29, 1.82) is 0 Å². The highest BCUT2D eigenvalue weighted by Crippen LogP contribution is 2.35. The van der Waals surface area contributed by atoms with Crippen molar-refractivity contribution >= 4 is 29.1 Å². The van der Waals surface area contributed by atoms with Crippen LogP contribution in [0.3, 0.4) is 0 Å². The van der Waals surface area contributed by atoms with Gasteiger partial charge in [-0.05, 0) is 35.1 Å². The van der Waals surface area contributed by atoms with Crippen LogP contribution >= 0.6 is 23.4 Å². The molecule has 2 atom stereocenters. The number of rotatable bonds is 5. The molecule has 0 saturated heterocycles. The molecule has 1 aliphatic heterocycles. The maximum atomic E-state index is 6.34. The lowest BCUT2D eigenvalue weighted by Crippen LogP contribution is -2.34. The fourth-order valence-corrected chi connectivity index (χ4v) is 4.43. The van der Waals surface area contributed by atoms with Crippen molar-refractivity contribution in [2.75, 3.05) is 30.3 Å². The lowest BCUT2D eigenvalue weighted by molar-refractivity contribution is 0.619. The zero-order valence-electron chi connectivity index (χ0n) is 14.3. The lowest BCUT2D eigenvalue weighted by Gasteiger charge is -2.28. The van der Waals surface area contributed by atoms with E-state index in [1.807, 2.05) is 17.8 Å². The van der Waals surface area contributed by atoms with Gasteiger partial charge < -0.3 is 10.2 Å². The third kappa shape index (κ3) is 4.08. The van der Waals surface area contributed by atoms with Gasteiger partial charge in [-0.2, -0.15) is 11.8 Å². The quantitative estimate of drug-likeness (QED) is 0.809. The van der Waals surface area contributed by atoms with Crippen LogP contribution < -0.4 is 10.2 Å². The first kappa shape index (κ1) is 17.7. The smallest absolute Gasteiger partial charge is 0.0598 e. The normalized spacial score (nSPS) is 18.8. The molecule has 1 N–H and O–H groups in total. The number of anilines is 1. The van der Waals surface area contributed by atoms with E-state index in [-0.39, 0.29) is 6.04 Å². The molecule has 2 aromatic carbocycles. The molecule has 0 aromatic heterocycles. The van der Waals surface area contributed by atoms with Gasteiger partial charge in [-0.25, -0.2) is 0 Å². The Hall–Kier alpha value is -1.16. The Morgan fingerprint density at radius 3 is 2.79 bits per heavy atom. The Labute approximate surface area is 154 Å². The van der Waals surface area contributed by atoms with Gasteiger partial charge in [0.1, 0.15) is 0 Å². The first-order valence-corrected chi connectivity index (χ1v) is 10.1. The van der Waals surface area contributed by atoms with E-state index in [2.05, 4.69) is 66.5 Å². The van der Waals surface area contributed by atoms with Crippen LogP contribution in [-0.2, 0) is 0 Å². The molecule has 0 spiro atoms. The molecular formula is C20H25ClN2S. The van der Waals surface area contributed by atoms with Gasteiger partial charge in [-0.3, -0.25) is 0 Å². The molecule has 2 nitrogen and oxygen atoms in total. The first-order valence-electron chi connectivity index (χ1n) is 8.63. The number of thioether (sulfide) groups is 1. The van der Waals surface area contributed by atoms with E-state index < -0.39 is 0 Å². The fraction of sp³-hybridized carbons (Fsp3) is 0.400. The molecule has 2 aromatic rings. The molecule has 3 rings (SSSR count). The van der Waals surface area contributed by atoms with Gasteiger partial charge in [0.05, 0.1) is 6.04 Å². The predicted octanol–water partition coefficient (Wildman–Crippen LogP) is 4.98. The van der Waals surface area contributed by atoms with Gasteiger partial charge in [0.25, 0.3) is 0 Å². The van der Waals surface area contributed by atoms with Crippen LogP contribution in [0.2, 0.25) is 5.02 Å². The Morgan fingerprint density at radius 1 is 1.25 bits per heavy atom. The molecule has 0 bridgehead atoms. The molecule has 4 heteroatoms. The fourth-order valence-electron chi connectivity index (χ4n) is 3.40. The molecule has 24 heavy (non-hydrogen) atoms. The Bertz CT molecular complexity index is 662. The molecule has 1 heterocycles. The van der Waals surface area contributed by atoms with Gasteiger partial charge >= 0.3 is 0 Å². The third-order valence-electron chi connectivity index (χ3n) is 4.43. The average molecular weight is 361 g/mol. The predicted molar refractivity (Wildman–Crippen MR) is 108 cm³/mol. The number of nitrogens with one attached hydrogen (secondary N) is 1. The van der Waals surface area contributed by atoms with Crippen molar-refractivity contribution in [2.24, 2.45) is 0 Å². The van der Waals surface area contributed by atoms with Crippen LogP contribution in [0.4, 0.5) is 5.69 Å². The second-order valence-electron chi connectivity index (χ2n) is 6.21. The molecule has 1 aliphatic rings. The molecule has 0 saturated carbocycles. The Balaban J connectivity index is 1.96. The highest BCUT2D eigenvalue weighted by Gasteiger charge is 2.24. The average Bonchev–Trinajstić information content (AvgIpc) is 2.75. The van der Waals surface area contributed by atoms with Crippen molar-refractivity contribution in [2.45, 2.75) is 25.1 Å². The molecule has 0 fully saturated rings. The minimum Gasteiger partial charge on any atom is -0.369 e. The topological polar surface area (TPSA) is 15.3 Å². The number of nitrogens with zero attached hydrogens (tertiary/aromatic N) is 1. The van der Waals surface area contributed by atoms with Crippen molar-refractivity contribution < 1.29 is 0 Å². The highest BCUT2D eigenvalue weighted by atomic mass is 35.5. The van der Waals surface area contributed by atoms with E-state index in [0.29, 0.717) is 5.25 Å². The highest BCUT2D eigenvalue weighted by molar-refractivity contribution is 7.99. The summed E-state index contributed by atoms with van der Waals surface area (Å²) in [6, 6.07) is 17.2. The standard InChI is InChI=1S/C20H25ClN2S/c1-3-24-15(2)14-23-12-11-22-20(16-7-5-4-6-8-16)18-13-17(21)9-10-19(18)23/h4-10,13,15,20,22H,3,11-12,14H2,1-2H3. The van der Waals surface area contributed by atoms with Crippen LogP contribution in [0.5, 0.6) is 0 Å². The number of hydrogen-bond donors (Lipinski definition) is 1. The van der Waals surface area contributed by atoms with Gasteiger partial charge in [-0.1, -0.05) is 55.8 Å². The summed E-state index contributed by atoms with van der Waals surface area (Å²) in [6.45, 7) is 7.60. The zero-order chi connectivity index (χ0) is 16.9. The number of fused-ring (bicyclic) bond motifs is 1. The van der Waals surface area contributed by atoms with Crippen LogP contribution in [0.25, 0.3) is 0 Å². The van der Waals surface area contributed by atoms with E-state index in [4.69, 9.17) is 11.6 Å². The van der Waals surface area contributed by atoms with Gasteiger partial charge in [0.2, 0.25) is 0 Å². The molecular weight excluding hydrogens is 336 g/mol. The van der Waals surface area contributed by atoms with E-state index in [0.717, 1.165) is 30.4 Å². The zero-order valence-corrected chi connectivity index (χ0v) is 15.9. The van der Waals surface area contributed by atoms with Crippen molar-refractivity contribution in [3.05, 3.63) is 64.7 Å². The van der Waals surface area contributed by atoms with Crippen molar-refractivity contribution in [1.82, 2.24) is 5.32 Å². The molecule has 0 amide bonds. The summed E-state index contributed by atoms with van der Waals surface area (Å²) in [4.78, 5) is 2.51. The SMILES string of the molecule is CCSC(C)CN1CCNC(c2ccccc2)c2cc(Cl)ccc21. The van der Waals surface area contributed by atoms with E-state index in [1.54, 1.807) is 0 Å². The van der Waals surface area contributed by atoms with Crippen molar-refractivity contribution in [3.8, 4) is 0 Å². The minimum atomic E-state index is 0.194. The summed E-state index contributed by atoms with van der Waals surface area (Å²) >= 11 is 8.35. The van der Waals surface area contributed by atoms with Crippen LogP contribution in [0.15, 0.2) is 48.5 Å². The van der Waals surface area contributed by atoms with Gasteiger partial charge in [0, 0.05) is 35.6 Å². The Morgan fingerprint density at radius 2 is 2.04 bits per heavy atom. The van der Waals surface area contributed by atoms with Gasteiger partial charge in [-0.15, -0.1) is 0 Å². The second kappa shape index (κ2) is 8.28. The summed E-state index contributed by atoms with van der Waals surface area (Å²) < 4.78 is 0. The van der Waals surface area contributed by atoms with E-state index in [1.165, 1.54) is 16.8 Å². The number of benzene rings is 2. The third-order valence-corrected chi connectivity index (χ3v) is 5.72. The summed E-state index contributed by atoms with van der Waals surface area (Å²) in [7, 11) is 0. The van der Waals surface area contributed by atoms with Crippen LogP contribution in [0.1, 0.15) is 31.0 Å². The monoisotopic (exact) mass is 360 g/mol. The molecule has 128 valence electrons. The maximum Gasteiger partial charge on any atom is 0.0598 e. The number of hydrogen-bond acceptors (Lipinski definition) is 3. The van der Waals surface area contributed by atoms with Crippen molar-refractivity contribution in [3.63, 3.8) is 0 Å². The number of halogens is 1.